The summed E-state index contributed by atoms with van der Waals surface area (Å²) in [4.78, 5) is 34.6. The van der Waals surface area contributed by atoms with Gasteiger partial charge in [-0.2, -0.15) is 0 Å². The van der Waals surface area contributed by atoms with Crippen LogP contribution < -0.4 is 14.4 Å². The Kier molecular flexibility index (Phi) is 5.05. The average molecular weight is 463 g/mol. The van der Waals surface area contributed by atoms with E-state index in [0.717, 1.165) is 4.90 Å². The molecule has 4 aromatic rings. The Morgan fingerprint density at radius 2 is 1.91 bits per heavy atom. The lowest BCUT2D eigenvalue weighted by molar-refractivity contribution is -0.132. The Morgan fingerprint density at radius 3 is 2.62 bits per heavy atom. The van der Waals surface area contributed by atoms with Crippen molar-refractivity contribution in [1.82, 2.24) is 9.97 Å². The first kappa shape index (κ1) is 21.3. The van der Waals surface area contributed by atoms with Gasteiger partial charge in [-0.15, -0.1) is 0 Å². The molecule has 3 heterocycles. The molecule has 1 atom stereocenters. The summed E-state index contributed by atoms with van der Waals surface area (Å²) in [6, 6.07) is 10.6. The van der Waals surface area contributed by atoms with Crippen molar-refractivity contribution < 1.29 is 33.0 Å². The molecule has 2 aromatic carbocycles. The van der Waals surface area contributed by atoms with E-state index < -0.39 is 29.3 Å². The van der Waals surface area contributed by atoms with E-state index in [0.29, 0.717) is 22.5 Å². The normalized spacial score (nSPS) is 17.5. The molecule has 1 unspecified atom stereocenters. The number of fused-ring (bicyclic) bond motifs is 1. The molecular formula is C24H18FN3O6. The zero-order chi connectivity index (χ0) is 24.0. The molecule has 0 bridgehead atoms. The van der Waals surface area contributed by atoms with E-state index in [4.69, 9.17) is 13.9 Å². The van der Waals surface area contributed by atoms with Gasteiger partial charge in [0.05, 0.1) is 37.1 Å². The van der Waals surface area contributed by atoms with E-state index in [1.165, 1.54) is 50.8 Å². The number of aliphatic hydroxyl groups is 1. The van der Waals surface area contributed by atoms with Crippen LogP contribution in [0, 0.1) is 5.82 Å². The number of hydrogen-bond acceptors (Lipinski definition) is 7. The van der Waals surface area contributed by atoms with Crippen LogP contribution in [0.25, 0.3) is 16.8 Å². The topological polar surface area (TPSA) is 118 Å². The average Bonchev–Trinajstić information content (AvgIpc) is 3.56. The summed E-state index contributed by atoms with van der Waals surface area (Å²) in [5, 5.41) is 11.2. The molecule has 0 saturated carbocycles. The number of carbonyl (C=O) groups excluding carboxylic acids is 2. The Hall–Kier alpha value is -4.60. The summed E-state index contributed by atoms with van der Waals surface area (Å²) < 4.78 is 29.7. The van der Waals surface area contributed by atoms with E-state index in [9.17, 15) is 19.1 Å². The molecule has 9 nitrogen and oxygen atoms in total. The van der Waals surface area contributed by atoms with Crippen molar-refractivity contribution in [1.29, 1.82) is 0 Å². The Balaban J connectivity index is 1.69. The van der Waals surface area contributed by atoms with Crippen molar-refractivity contribution in [3.63, 3.8) is 0 Å². The van der Waals surface area contributed by atoms with Gasteiger partial charge in [-0.25, -0.2) is 9.37 Å². The number of aromatic amines is 1. The van der Waals surface area contributed by atoms with Crippen molar-refractivity contribution in [2.45, 2.75) is 6.04 Å². The molecule has 1 fully saturated rings. The largest absolute Gasteiger partial charge is 0.507 e. The minimum atomic E-state index is -1.12. The molecule has 10 heteroatoms. The highest BCUT2D eigenvalue weighted by molar-refractivity contribution is 6.51. The van der Waals surface area contributed by atoms with E-state index in [-0.39, 0.29) is 22.8 Å². The number of aliphatic hydroxyl groups excluding tert-OH is 1. The van der Waals surface area contributed by atoms with Crippen LogP contribution in [0.4, 0.5) is 10.3 Å². The maximum Gasteiger partial charge on any atom is 0.302 e. The van der Waals surface area contributed by atoms with Crippen LogP contribution in [0.1, 0.15) is 17.4 Å². The smallest absolute Gasteiger partial charge is 0.302 e. The minimum Gasteiger partial charge on any atom is -0.507 e. The number of benzene rings is 2. The predicted octanol–water partition coefficient (Wildman–Crippen LogP) is 3.94. The first-order chi connectivity index (χ1) is 16.4. The summed E-state index contributed by atoms with van der Waals surface area (Å²) >= 11 is 0. The number of nitrogens with one attached hydrogen (secondary N) is 1. The lowest BCUT2D eigenvalue weighted by atomic mass is 9.99. The van der Waals surface area contributed by atoms with Crippen molar-refractivity contribution in [3.8, 4) is 11.5 Å². The number of hydrogen-bond donors (Lipinski definition) is 2. The number of halogens is 1. The number of amides is 1. The van der Waals surface area contributed by atoms with Crippen LogP contribution in [0.3, 0.4) is 0 Å². The van der Waals surface area contributed by atoms with E-state index >= 15 is 0 Å². The SMILES string of the molecule is COc1ccc(/C(O)=C2\C(=O)C(=O)N(c3nc4ccc(F)cc4[nH]3)C2c2ccco2)cc1OC. The molecule has 0 spiro atoms. The zero-order valence-corrected chi connectivity index (χ0v) is 18.0. The van der Waals surface area contributed by atoms with Crippen LogP contribution in [-0.2, 0) is 9.59 Å². The third-order valence-electron chi connectivity index (χ3n) is 5.57. The highest BCUT2D eigenvalue weighted by Gasteiger charge is 2.49. The first-order valence-electron chi connectivity index (χ1n) is 10.1. The third-order valence-corrected chi connectivity index (χ3v) is 5.57. The number of carbonyl (C=O) groups is 2. The summed E-state index contributed by atoms with van der Waals surface area (Å²) in [5.41, 5.74) is 0.782. The third kappa shape index (κ3) is 3.27. The zero-order valence-electron chi connectivity index (χ0n) is 18.0. The van der Waals surface area contributed by atoms with Gasteiger partial charge >= 0.3 is 5.91 Å². The highest BCUT2D eigenvalue weighted by atomic mass is 19.1. The van der Waals surface area contributed by atoms with Gasteiger partial charge in [0.25, 0.3) is 5.78 Å². The monoisotopic (exact) mass is 463 g/mol. The fraction of sp³-hybridized carbons (Fsp3) is 0.125. The summed E-state index contributed by atoms with van der Waals surface area (Å²) in [6.45, 7) is 0. The number of furan rings is 1. The summed E-state index contributed by atoms with van der Waals surface area (Å²) in [6.07, 6.45) is 1.39. The molecule has 172 valence electrons. The first-order valence-corrected chi connectivity index (χ1v) is 10.1. The van der Waals surface area contributed by atoms with Crippen molar-refractivity contribution in [2.75, 3.05) is 19.1 Å². The van der Waals surface area contributed by atoms with Gasteiger partial charge in [0.15, 0.2) is 11.5 Å². The Morgan fingerprint density at radius 1 is 1.12 bits per heavy atom. The van der Waals surface area contributed by atoms with Crippen LogP contribution in [-0.4, -0.2) is 41.0 Å². The standard InChI is InChI=1S/C24H18FN3O6/c1-32-16-8-5-12(10-18(16)33-2)21(29)19-20(17-4-3-9-34-17)28(23(31)22(19)30)24-26-14-7-6-13(25)11-15(14)27-24/h3-11,20,29H,1-2H3,(H,26,27)/b21-19+. The fourth-order valence-corrected chi connectivity index (χ4v) is 3.99. The molecule has 2 aromatic heterocycles. The molecule has 2 N–H and O–H groups in total. The second-order valence-electron chi connectivity index (χ2n) is 7.48. The number of imidazole rings is 1. The van der Waals surface area contributed by atoms with Crippen LogP contribution >= 0.6 is 0 Å². The quantitative estimate of drug-likeness (QED) is 0.261. The van der Waals surface area contributed by atoms with Gasteiger partial charge in [0.1, 0.15) is 23.4 Å². The van der Waals surface area contributed by atoms with Crippen LogP contribution in [0.5, 0.6) is 11.5 Å². The van der Waals surface area contributed by atoms with Gasteiger partial charge < -0.3 is 24.0 Å². The molecule has 34 heavy (non-hydrogen) atoms. The number of rotatable bonds is 5. The van der Waals surface area contributed by atoms with E-state index in [2.05, 4.69) is 9.97 Å². The Bertz CT molecular complexity index is 1460. The Labute approximate surface area is 192 Å². The highest BCUT2D eigenvalue weighted by Crippen LogP contribution is 2.42. The van der Waals surface area contributed by atoms with Gasteiger partial charge in [-0.1, -0.05) is 0 Å². The van der Waals surface area contributed by atoms with Gasteiger partial charge in [0, 0.05) is 5.56 Å². The molecule has 5 rings (SSSR count). The minimum absolute atomic E-state index is 0.00969. The van der Waals surface area contributed by atoms with Gasteiger partial charge in [-0.3, -0.25) is 14.5 Å². The lowest BCUT2D eigenvalue weighted by Gasteiger charge is -2.20. The molecule has 1 amide bonds. The number of aromatic nitrogens is 2. The number of Topliss-reactive ketones (excluding diaryl/α,β-unsaturated/α-hetero) is 1. The van der Waals surface area contributed by atoms with Crippen molar-refractivity contribution in [3.05, 3.63) is 77.5 Å². The van der Waals surface area contributed by atoms with Crippen molar-refractivity contribution in [2.24, 2.45) is 0 Å². The summed E-state index contributed by atoms with van der Waals surface area (Å²) in [7, 11) is 2.91. The van der Waals surface area contributed by atoms with E-state index in [1.807, 2.05) is 0 Å². The van der Waals surface area contributed by atoms with Gasteiger partial charge in [-0.05, 0) is 48.5 Å². The number of H-pyrrole nitrogens is 1. The second kappa shape index (κ2) is 8.07. The maximum atomic E-state index is 13.7. The number of nitrogens with zero attached hydrogens (tertiary/aromatic N) is 2. The number of ether oxygens (including phenoxy) is 2. The second-order valence-corrected chi connectivity index (χ2v) is 7.48. The summed E-state index contributed by atoms with van der Waals surface area (Å²) in [5.74, 6) is -1.77. The number of anilines is 1. The molecule has 1 aliphatic heterocycles. The molecule has 0 radical (unpaired) electrons. The molecule has 1 saturated heterocycles. The van der Waals surface area contributed by atoms with Crippen LogP contribution in [0.2, 0.25) is 0 Å². The fourth-order valence-electron chi connectivity index (χ4n) is 3.99. The van der Waals surface area contributed by atoms with Crippen molar-refractivity contribution >= 4 is 34.4 Å². The van der Waals surface area contributed by atoms with Gasteiger partial charge in [0.2, 0.25) is 5.95 Å². The van der Waals surface area contributed by atoms with Crippen LogP contribution in [0.15, 0.2) is 64.8 Å². The van der Waals surface area contributed by atoms with E-state index in [1.54, 1.807) is 18.2 Å². The predicted molar refractivity (Wildman–Crippen MR) is 119 cm³/mol. The molecule has 1 aliphatic rings. The number of ketones is 1. The molecular weight excluding hydrogens is 445 g/mol. The molecule has 0 aliphatic carbocycles. The number of methoxy groups -OCH3 is 2. The maximum absolute atomic E-state index is 13.7. The lowest BCUT2D eigenvalue weighted by Crippen LogP contribution is -2.30.